The summed E-state index contributed by atoms with van der Waals surface area (Å²) in [6.45, 7) is 2.74. The lowest BCUT2D eigenvalue weighted by Crippen LogP contribution is -2.19. The zero-order chi connectivity index (χ0) is 24.9. The van der Waals surface area contributed by atoms with Crippen LogP contribution >= 0.6 is 62.5 Å². The molecule has 0 aliphatic carbocycles. The van der Waals surface area contributed by atoms with Crippen LogP contribution in [0, 0.1) is 0 Å². The van der Waals surface area contributed by atoms with Crippen LogP contribution in [0.4, 0.5) is 5.69 Å². The van der Waals surface area contributed by atoms with Gasteiger partial charge < -0.3 is 14.8 Å². The maximum absolute atomic E-state index is 12.5. The Morgan fingerprint density at radius 3 is 2.49 bits per heavy atom. The predicted molar refractivity (Wildman–Crippen MR) is 148 cm³/mol. The number of amidine groups is 1. The highest BCUT2D eigenvalue weighted by Gasteiger charge is 2.24. The molecule has 1 heterocycles. The maximum atomic E-state index is 12.5. The third-order valence-corrected chi connectivity index (χ3v) is 7.10. The molecule has 0 radical (unpaired) electrons. The zero-order valence-electron chi connectivity index (χ0n) is 18.3. The van der Waals surface area contributed by atoms with E-state index in [4.69, 9.17) is 44.3 Å². The van der Waals surface area contributed by atoms with Gasteiger partial charge in [-0.25, -0.2) is 4.99 Å². The molecule has 1 N–H and O–H groups in total. The number of amides is 1. The second-order valence-corrected chi connectivity index (χ2v) is 10.4. The number of hydrogen-bond acceptors (Lipinski definition) is 5. The third kappa shape index (κ3) is 6.74. The van der Waals surface area contributed by atoms with Crippen molar-refractivity contribution in [3.05, 3.63) is 90.2 Å². The fraction of sp³-hybridized carbons (Fsp3) is 0.120. The molecule has 10 heteroatoms. The maximum Gasteiger partial charge on any atom is 0.264 e. The monoisotopic (exact) mass is 610 g/mol. The molecule has 0 atom stereocenters. The quantitative estimate of drug-likeness (QED) is 0.273. The SMILES string of the molecule is CCOc1ccc(N=C2NC(=O)/C(=C\c3cc(Cl)c(OCc4ccc(Cl)cc4Cl)c(Br)c3)S2)cc1. The fourth-order valence-electron chi connectivity index (χ4n) is 3.12. The summed E-state index contributed by atoms with van der Waals surface area (Å²) in [5, 5.41) is 4.74. The highest BCUT2D eigenvalue weighted by Crippen LogP contribution is 2.37. The standard InChI is InChI=1S/C25H18BrCl3N2O3S/c1-2-33-18-7-5-17(6-8-18)30-25-31-24(32)22(35-25)11-14-9-19(26)23(21(29)10-14)34-13-15-3-4-16(27)12-20(15)28/h3-12H,2,13H2,1H3,(H,30,31,32)/b22-11+. The van der Waals surface area contributed by atoms with E-state index >= 15 is 0 Å². The summed E-state index contributed by atoms with van der Waals surface area (Å²) >= 11 is 23.4. The second kappa shape index (κ2) is 11.7. The molecule has 1 amide bonds. The normalized spacial score (nSPS) is 15.5. The first-order valence-electron chi connectivity index (χ1n) is 10.4. The van der Waals surface area contributed by atoms with Crippen molar-refractivity contribution in [1.29, 1.82) is 0 Å². The number of hydrogen-bond donors (Lipinski definition) is 1. The van der Waals surface area contributed by atoms with Gasteiger partial charge in [0.2, 0.25) is 0 Å². The number of thioether (sulfide) groups is 1. The number of nitrogens with one attached hydrogen (secondary N) is 1. The minimum Gasteiger partial charge on any atom is -0.494 e. The van der Waals surface area contributed by atoms with E-state index < -0.39 is 0 Å². The molecule has 0 aromatic heterocycles. The Morgan fingerprint density at radius 1 is 1.03 bits per heavy atom. The molecule has 3 aromatic carbocycles. The number of benzene rings is 3. The van der Waals surface area contributed by atoms with Gasteiger partial charge in [0, 0.05) is 15.6 Å². The van der Waals surface area contributed by atoms with Crippen molar-refractivity contribution in [3.63, 3.8) is 0 Å². The van der Waals surface area contributed by atoms with Crippen LogP contribution in [0.5, 0.6) is 11.5 Å². The molecule has 1 aliphatic rings. The number of carbonyl (C=O) groups is 1. The average molecular weight is 613 g/mol. The Bertz CT molecular complexity index is 1310. The molecule has 0 spiro atoms. The topological polar surface area (TPSA) is 59.9 Å². The molecule has 1 fully saturated rings. The van der Waals surface area contributed by atoms with Crippen molar-refractivity contribution >= 4 is 85.3 Å². The third-order valence-electron chi connectivity index (χ3n) is 4.73. The molecule has 0 bridgehead atoms. The molecule has 4 rings (SSSR count). The van der Waals surface area contributed by atoms with Gasteiger partial charge in [-0.1, -0.05) is 40.9 Å². The van der Waals surface area contributed by atoms with Gasteiger partial charge in [-0.15, -0.1) is 0 Å². The van der Waals surface area contributed by atoms with Gasteiger partial charge in [0.15, 0.2) is 10.9 Å². The largest absolute Gasteiger partial charge is 0.494 e. The molecule has 3 aromatic rings. The molecular weight excluding hydrogens is 595 g/mol. The van der Waals surface area contributed by atoms with Crippen molar-refractivity contribution < 1.29 is 14.3 Å². The first kappa shape index (κ1) is 25.9. The summed E-state index contributed by atoms with van der Waals surface area (Å²) < 4.78 is 12.0. The molecule has 1 saturated heterocycles. The highest BCUT2D eigenvalue weighted by molar-refractivity contribution is 9.10. The van der Waals surface area contributed by atoms with Gasteiger partial charge >= 0.3 is 0 Å². The molecule has 0 unspecified atom stereocenters. The molecule has 180 valence electrons. The van der Waals surface area contributed by atoms with E-state index in [9.17, 15) is 4.79 Å². The molecule has 5 nitrogen and oxygen atoms in total. The Balaban J connectivity index is 1.47. The van der Waals surface area contributed by atoms with Crippen molar-refractivity contribution in [1.82, 2.24) is 5.32 Å². The van der Waals surface area contributed by atoms with Gasteiger partial charge in [-0.3, -0.25) is 4.79 Å². The number of halogens is 4. The van der Waals surface area contributed by atoms with Crippen molar-refractivity contribution in [2.24, 2.45) is 4.99 Å². The number of carbonyl (C=O) groups excluding carboxylic acids is 1. The minimum absolute atomic E-state index is 0.221. The van der Waals surface area contributed by atoms with Crippen LogP contribution < -0.4 is 14.8 Å². The van der Waals surface area contributed by atoms with Gasteiger partial charge in [-0.2, -0.15) is 0 Å². The van der Waals surface area contributed by atoms with Gasteiger partial charge in [0.25, 0.3) is 5.91 Å². The summed E-state index contributed by atoms with van der Waals surface area (Å²) in [5.41, 5.74) is 2.23. The lowest BCUT2D eigenvalue weighted by Gasteiger charge is -2.12. The van der Waals surface area contributed by atoms with E-state index in [1.165, 1.54) is 11.8 Å². The Morgan fingerprint density at radius 2 is 1.80 bits per heavy atom. The van der Waals surface area contributed by atoms with Crippen LogP contribution in [-0.4, -0.2) is 17.7 Å². The van der Waals surface area contributed by atoms with Crippen LogP contribution in [0.25, 0.3) is 6.08 Å². The number of nitrogens with zero attached hydrogens (tertiary/aromatic N) is 1. The Hall–Kier alpha value is -2.16. The predicted octanol–water partition coefficient (Wildman–Crippen LogP) is 8.28. The average Bonchev–Trinajstić information content (AvgIpc) is 3.14. The molecule has 35 heavy (non-hydrogen) atoms. The molecular formula is C25H18BrCl3N2O3S. The lowest BCUT2D eigenvalue weighted by atomic mass is 10.2. The molecule has 1 aliphatic heterocycles. The number of ether oxygens (including phenoxy) is 2. The van der Waals surface area contributed by atoms with E-state index in [0.29, 0.717) is 47.7 Å². The smallest absolute Gasteiger partial charge is 0.264 e. The van der Waals surface area contributed by atoms with Crippen LogP contribution in [0.1, 0.15) is 18.1 Å². The van der Waals surface area contributed by atoms with E-state index in [2.05, 4.69) is 26.2 Å². The summed E-state index contributed by atoms with van der Waals surface area (Å²) in [6.07, 6.45) is 1.75. The number of aliphatic imine (C=N–C) groups is 1. The zero-order valence-corrected chi connectivity index (χ0v) is 23.0. The van der Waals surface area contributed by atoms with Crippen molar-refractivity contribution in [2.75, 3.05) is 6.61 Å². The van der Waals surface area contributed by atoms with Crippen LogP contribution in [0.3, 0.4) is 0 Å². The van der Waals surface area contributed by atoms with Crippen LogP contribution in [-0.2, 0) is 11.4 Å². The van der Waals surface area contributed by atoms with Crippen molar-refractivity contribution in [3.8, 4) is 11.5 Å². The van der Waals surface area contributed by atoms with E-state index in [-0.39, 0.29) is 12.5 Å². The first-order chi connectivity index (χ1) is 16.8. The highest BCUT2D eigenvalue weighted by atomic mass is 79.9. The minimum atomic E-state index is -0.232. The van der Waals surface area contributed by atoms with Gasteiger partial charge in [-0.05, 0) is 94.8 Å². The first-order valence-corrected chi connectivity index (χ1v) is 13.1. The Kier molecular flexibility index (Phi) is 8.68. The Labute approximate surface area is 230 Å². The summed E-state index contributed by atoms with van der Waals surface area (Å²) in [7, 11) is 0. The fourth-order valence-corrected chi connectivity index (χ4v) is 5.42. The summed E-state index contributed by atoms with van der Waals surface area (Å²) in [5.74, 6) is 1.01. The lowest BCUT2D eigenvalue weighted by molar-refractivity contribution is -0.115. The second-order valence-electron chi connectivity index (χ2n) is 7.25. The van der Waals surface area contributed by atoms with E-state index in [0.717, 1.165) is 16.9 Å². The van der Waals surface area contributed by atoms with Gasteiger partial charge in [0.1, 0.15) is 12.4 Å². The summed E-state index contributed by atoms with van der Waals surface area (Å²) in [6, 6.07) is 16.1. The number of rotatable bonds is 7. The van der Waals surface area contributed by atoms with E-state index in [1.54, 1.807) is 30.3 Å². The van der Waals surface area contributed by atoms with Gasteiger partial charge in [0.05, 0.1) is 26.7 Å². The van der Waals surface area contributed by atoms with Crippen LogP contribution in [0.15, 0.2) is 69.0 Å². The van der Waals surface area contributed by atoms with Crippen LogP contribution in [0.2, 0.25) is 15.1 Å². The van der Waals surface area contributed by atoms with Crippen molar-refractivity contribution in [2.45, 2.75) is 13.5 Å². The molecule has 0 saturated carbocycles. The van der Waals surface area contributed by atoms with E-state index in [1.807, 2.05) is 37.3 Å². The summed E-state index contributed by atoms with van der Waals surface area (Å²) in [4.78, 5) is 17.5.